The summed E-state index contributed by atoms with van der Waals surface area (Å²) in [6.45, 7) is 4.35. The largest absolute Gasteiger partial charge is 0.413 e. The Balaban J connectivity index is 2.46. The van der Waals surface area contributed by atoms with E-state index in [0.29, 0.717) is 12.5 Å². The number of nitrogens with one attached hydrogen (secondary N) is 1. The third-order valence-electron chi connectivity index (χ3n) is 1.86. The molecule has 0 aliphatic carbocycles. The van der Waals surface area contributed by atoms with Gasteiger partial charge in [-0.1, -0.05) is 13.8 Å². The molecule has 12 heavy (non-hydrogen) atoms. The highest BCUT2D eigenvalue weighted by Gasteiger charge is 2.45. The molecule has 2 atom stereocenters. The van der Waals surface area contributed by atoms with Crippen LogP contribution >= 0.6 is 11.8 Å². The number of halogens is 3. The molecule has 1 nitrogen and oxygen atoms in total. The SMILES string of the molecule is CC(C)C1CN[C@@H](C(F)(F)F)S1. The van der Waals surface area contributed by atoms with Gasteiger partial charge in [0.15, 0.2) is 5.37 Å². The average molecular weight is 199 g/mol. The van der Waals surface area contributed by atoms with Gasteiger partial charge in [0.2, 0.25) is 0 Å². The number of thioether (sulfide) groups is 1. The Morgan fingerprint density at radius 1 is 1.42 bits per heavy atom. The van der Waals surface area contributed by atoms with E-state index in [2.05, 4.69) is 5.32 Å². The molecule has 1 heterocycles. The van der Waals surface area contributed by atoms with E-state index in [1.165, 1.54) is 0 Å². The zero-order valence-corrected chi connectivity index (χ0v) is 7.80. The van der Waals surface area contributed by atoms with Crippen LogP contribution in [0.25, 0.3) is 0 Å². The number of alkyl halides is 3. The van der Waals surface area contributed by atoms with E-state index in [4.69, 9.17) is 0 Å². The maximum Gasteiger partial charge on any atom is 0.413 e. The fraction of sp³-hybridized carbons (Fsp3) is 1.00. The minimum absolute atomic E-state index is 0.0941. The first-order valence-electron chi connectivity index (χ1n) is 3.87. The monoisotopic (exact) mass is 199 g/mol. The van der Waals surface area contributed by atoms with Crippen molar-refractivity contribution in [2.24, 2.45) is 5.92 Å². The molecule has 0 aromatic rings. The van der Waals surface area contributed by atoms with Gasteiger partial charge in [0, 0.05) is 11.8 Å². The number of hydrogen-bond acceptors (Lipinski definition) is 2. The molecular formula is C7H12F3NS. The Hall–Kier alpha value is 0.100. The summed E-state index contributed by atoms with van der Waals surface area (Å²) in [7, 11) is 0. The van der Waals surface area contributed by atoms with Gasteiger partial charge in [0.25, 0.3) is 0 Å². The number of rotatable bonds is 1. The van der Waals surface area contributed by atoms with Crippen molar-refractivity contribution in [3.8, 4) is 0 Å². The summed E-state index contributed by atoms with van der Waals surface area (Å²) in [5, 5.41) is 1.20. The average Bonchev–Trinajstić information content (AvgIpc) is 2.30. The van der Waals surface area contributed by atoms with Crippen LogP contribution in [-0.2, 0) is 0 Å². The molecule has 0 spiro atoms. The second-order valence-electron chi connectivity index (χ2n) is 3.25. The van der Waals surface area contributed by atoms with E-state index in [1.807, 2.05) is 13.8 Å². The molecule has 1 unspecified atom stereocenters. The van der Waals surface area contributed by atoms with Gasteiger partial charge < -0.3 is 0 Å². The van der Waals surface area contributed by atoms with E-state index >= 15 is 0 Å². The van der Waals surface area contributed by atoms with Crippen molar-refractivity contribution in [2.45, 2.75) is 30.6 Å². The van der Waals surface area contributed by atoms with Crippen molar-refractivity contribution in [1.82, 2.24) is 5.32 Å². The van der Waals surface area contributed by atoms with E-state index in [0.717, 1.165) is 11.8 Å². The Morgan fingerprint density at radius 3 is 2.25 bits per heavy atom. The third kappa shape index (κ3) is 2.29. The summed E-state index contributed by atoms with van der Waals surface area (Å²) in [6, 6.07) is 0. The molecule has 0 aromatic carbocycles. The van der Waals surface area contributed by atoms with Crippen LogP contribution in [-0.4, -0.2) is 23.3 Å². The van der Waals surface area contributed by atoms with Gasteiger partial charge in [0.1, 0.15) is 0 Å². The van der Waals surface area contributed by atoms with Crippen LogP contribution in [0.3, 0.4) is 0 Å². The van der Waals surface area contributed by atoms with Crippen LogP contribution in [0.2, 0.25) is 0 Å². The molecule has 1 rings (SSSR count). The minimum Gasteiger partial charge on any atom is -0.297 e. The maximum atomic E-state index is 12.1. The fourth-order valence-corrected chi connectivity index (χ4v) is 2.28. The van der Waals surface area contributed by atoms with Crippen LogP contribution in [0.4, 0.5) is 13.2 Å². The smallest absolute Gasteiger partial charge is 0.297 e. The molecule has 0 saturated carbocycles. The molecule has 1 saturated heterocycles. The maximum absolute atomic E-state index is 12.1. The van der Waals surface area contributed by atoms with Crippen LogP contribution in [0.5, 0.6) is 0 Å². The van der Waals surface area contributed by atoms with Gasteiger partial charge in [-0.25, -0.2) is 0 Å². The van der Waals surface area contributed by atoms with E-state index < -0.39 is 11.6 Å². The van der Waals surface area contributed by atoms with Gasteiger partial charge in [-0.05, 0) is 5.92 Å². The summed E-state index contributed by atoms with van der Waals surface area (Å²) in [4.78, 5) is 0. The Bertz CT molecular complexity index is 157. The normalized spacial score (nSPS) is 31.5. The third-order valence-corrected chi connectivity index (χ3v) is 3.62. The lowest BCUT2D eigenvalue weighted by Gasteiger charge is -2.15. The van der Waals surface area contributed by atoms with Crippen molar-refractivity contribution < 1.29 is 13.2 Å². The Kier molecular flexibility index (Phi) is 2.93. The first-order valence-corrected chi connectivity index (χ1v) is 4.81. The van der Waals surface area contributed by atoms with Crippen LogP contribution in [0.15, 0.2) is 0 Å². The minimum atomic E-state index is -4.10. The second kappa shape index (κ2) is 3.46. The summed E-state index contributed by atoms with van der Waals surface area (Å²) >= 11 is 0.990. The summed E-state index contributed by atoms with van der Waals surface area (Å²) in [5.41, 5.74) is 0. The fourth-order valence-electron chi connectivity index (χ4n) is 1.08. The highest BCUT2D eigenvalue weighted by atomic mass is 32.2. The van der Waals surface area contributed by atoms with Crippen molar-refractivity contribution in [3.05, 3.63) is 0 Å². The van der Waals surface area contributed by atoms with Crippen LogP contribution in [0.1, 0.15) is 13.8 Å². The molecule has 1 N–H and O–H groups in total. The van der Waals surface area contributed by atoms with Crippen molar-refractivity contribution >= 4 is 11.8 Å². The second-order valence-corrected chi connectivity index (χ2v) is 4.60. The lowest BCUT2D eigenvalue weighted by Crippen LogP contribution is -2.35. The molecule has 0 amide bonds. The predicted octanol–water partition coefficient (Wildman–Crippen LogP) is 2.24. The lowest BCUT2D eigenvalue weighted by atomic mass is 10.1. The molecule has 72 valence electrons. The topological polar surface area (TPSA) is 12.0 Å². The highest BCUT2D eigenvalue weighted by Crippen LogP contribution is 2.37. The van der Waals surface area contributed by atoms with E-state index in [9.17, 15) is 13.2 Å². The highest BCUT2D eigenvalue weighted by molar-refractivity contribution is 8.00. The van der Waals surface area contributed by atoms with Gasteiger partial charge in [0.05, 0.1) is 0 Å². The van der Waals surface area contributed by atoms with Gasteiger partial charge in [-0.3, -0.25) is 5.32 Å². The Morgan fingerprint density at radius 2 is 2.00 bits per heavy atom. The van der Waals surface area contributed by atoms with Crippen molar-refractivity contribution in [3.63, 3.8) is 0 Å². The predicted molar refractivity (Wildman–Crippen MR) is 44.1 cm³/mol. The van der Waals surface area contributed by atoms with Crippen molar-refractivity contribution in [1.29, 1.82) is 0 Å². The molecule has 5 heteroatoms. The zero-order chi connectivity index (χ0) is 9.35. The molecular weight excluding hydrogens is 187 g/mol. The van der Waals surface area contributed by atoms with Gasteiger partial charge >= 0.3 is 6.18 Å². The van der Waals surface area contributed by atoms with E-state index in [1.54, 1.807) is 0 Å². The molecule has 1 aliphatic heterocycles. The zero-order valence-electron chi connectivity index (χ0n) is 6.98. The molecule has 0 bridgehead atoms. The lowest BCUT2D eigenvalue weighted by molar-refractivity contribution is -0.132. The summed E-state index contributed by atoms with van der Waals surface area (Å²) in [6.07, 6.45) is -4.10. The quantitative estimate of drug-likeness (QED) is 0.695. The van der Waals surface area contributed by atoms with Gasteiger partial charge in [-0.2, -0.15) is 13.2 Å². The van der Waals surface area contributed by atoms with Crippen LogP contribution < -0.4 is 5.32 Å². The summed E-state index contributed by atoms with van der Waals surface area (Å²) in [5.74, 6) is 0.301. The summed E-state index contributed by atoms with van der Waals surface area (Å²) < 4.78 is 36.3. The molecule has 1 aliphatic rings. The molecule has 1 fully saturated rings. The standard InChI is InChI=1S/C7H12F3NS/c1-4(2)5-3-11-6(12-5)7(8,9)10/h4-6,11H,3H2,1-2H3/t5?,6-/m1/s1. The van der Waals surface area contributed by atoms with E-state index in [-0.39, 0.29) is 5.25 Å². The molecule has 0 aromatic heterocycles. The first-order chi connectivity index (χ1) is 5.41. The van der Waals surface area contributed by atoms with Crippen molar-refractivity contribution in [2.75, 3.05) is 6.54 Å². The Labute approximate surface area is 74.1 Å². The first kappa shape index (κ1) is 10.2. The van der Waals surface area contributed by atoms with Crippen LogP contribution in [0, 0.1) is 5.92 Å². The van der Waals surface area contributed by atoms with Gasteiger partial charge in [-0.15, -0.1) is 11.8 Å². The molecule has 0 radical (unpaired) electrons. The number of hydrogen-bond donors (Lipinski definition) is 1.